The summed E-state index contributed by atoms with van der Waals surface area (Å²) in [6, 6.07) is 16.3. The van der Waals surface area contributed by atoms with Gasteiger partial charge in [0, 0.05) is 68.3 Å². The number of anilines is 1. The molecule has 226 valence electrons. The molecule has 0 spiro atoms. The second-order valence-corrected chi connectivity index (χ2v) is 11.4. The Hall–Kier alpha value is -4.24. The molecule has 1 aromatic carbocycles. The number of nitrogens with one attached hydrogen (secondary N) is 1. The molecule has 0 saturated carbocycles. The number of aryl methyl sites for hydroxylation is 2. The van der Waals surface area contributed by atoms with Crippen LogP contribution >= 0.6 is 0 Å². The first kappa shape index (κ1) is 30.2. The smallest absolute Gasteiger partial charge is 0.407 e. The van der Waals surface area contributed by atoms with Crippen molar-refractivity contribution >= 4 is 22.7 Å². The lowest BCUT2D eigenvalue weighted by Gasteiger charge is -2.40. The van der Waals surface area contributed by atoms with Gasteiger partial charge in [-0.3, -0.25) is 19.7 Å². The van der Waals surface area contributed by atoms with E-state index >= 15 is 0 Å². The average molecular weight is 583 g/mol. The van der Waals surface area contributed by atoms with E-state index in [4.69, 9.17) is 4.74 Å². The quantitative estimate of drug-likeness (QED) is 0.239. The molecule has 43 heavy (non-hydrogen) atoms. The summed E-state index contributed by atoms with van der Waals surface area (Å²) in [7, 11) is 2.01. The molecule has 5 rings (SSSR count). The monoisotopic (exact) mass is 582 g/mol. The number of aromatic nitrogens is 3. The molecule has 4 heterocycles. The number of hydrogen-bond acceptors (Lipinski definition) is 7. The molecule has 0 bridgehead atoms. The second-order valence-electron chi connectivity index (χ2n) is 11.4. The zero-order chi connectivity index (χ0) is 30.2. The van der Waals surface area contributed by atoms with Gasteiger partial charge in [-0.2, -0.15) is 0 Å². The number of carbonyl (C=O) groups excluding carboxylic acids is 1. The van der Waals surface area contributed by atoms with Gasteiger partial charge in [-0.25, -0.2) is 4.79 Å². The highest BCUT2D eigenvalue weighted by Crippen LogP contribution is 2.25. The highest BCUT2D eigenvalue weighted by Gasteiger charge is 2.27. The number of alkyl carbamates (subject to hydrolysis) is 1. The number of amides is 1. The maximum Gasteiger partial charge on any atom is 0.407 e. The van der Waals surface area contributed by atoms with E-state index in [0.29, 0.717) is 19.7 Å². The summed E-state index contributed by atoms with van der Waals surface area (Å²) in [4.78, 5) is 39.3. The molecule has 9 heteroatoms. The molecule has 3 aromatic heterocycles. The minimum atomic E-state index is -0.413. The molecule has 9 nitrogen and oxygen atoms in total. The van der Waals surface area contributed by atoms with Crippen molar-refractivity contribution in [2.75, 3.05) is 24.6 Å². The van der Waals surface area contributed by atoms with Crippen molar-refractivity contribution in [3.05, 3.63) is 99.9 Å². The van der Waals surface area contributed by atoms with Crippen LogP contribution in [0.1, 0.15) is 55.1 Å². The van der Waals surface area contributed by atoms with Gasteiger partial charge in [0.1, 0.15) is 0 Å². The van der Waals surface area contributed by atoms with E-state index in [1.165, 1.54) is 5.56 Å². The van der Waals surface area contributed by atoms with Crippen LogP contribution in [0.3, 0.4) is 0 Å². The average Bonchev–Trinajstić information content (AvgIpc) is 3.02. The lowest BCUT2D eigenvalue weighted by molar-refractivity contribution is 0.144. The van der Waals surface area contributed by atoms with Crippen molar-refractivity contribution in [1.29, 1.82) is 0 Å². The highest BCUT2D eigenvalue weighted by atomic mass is 16.5. The predicted molar refractivity (Wildman–Crippen MR) is 170 cm³/mol. The third-order valence-corrected chi connectivity index (χ3v) is 8.12. The van der Waals surface area contributed by atoms with Crippen LogP contribution in [-0.2, 0) is 31.4 Å². The second kappa shape index (κ2) is 14.3. The first-order valence-electron chi connectivity index (χ1n) is 15.2. The Morgan fingerprint density at radius 2 is 2.00 bits per heavy atom. The van der Waals surface area contributed by atoms with E-state index in [9.17, 15) is 9.59 Å². The van der Waals surface area contributed by atoms with Gasteiger partial charge in [-0.15, -0.1) is 0 Å². The van der Waals surface area contributed by atoms with Crippen molar-refractivity contribution in [1.82, 2.24) is 24.8 Å². The van der Waals surface area contributed by atoms with E-state index in [1.807, 2.05) is 62.9 Å². The van der Waals surface area contributed by atoms with Crippen LogP contribution in [0.4, 0.5) is 10.5 Å². The van der Waals surface area contributed by atoms with Gasteiger partial charge in [0.25, 0.3) is 0 Å². The Morgan fingerprint density at radius 1 is 1.14 bits per heavy atom. The number of rotatable bonds is 11. The number of hydrogen-bond donors (Lipinski definition) is 1. The number of nitrogens with zero attached hydrogens (tertiary/aromatic N) is 5. The Morgan fingerprint density at radius 3 is 2.79 bits per heavy atom. The maximum atomic E-state index is 13.6. The molecule has 1 amide bonds. The van der Waals surface area contributed by atoms with E-state index in [-0.39, 0.29) is 11.5 Å². The highest BCUT2D eigenvalue weighted by molar-refractivity contribution is 5.79. The van der Waals surface area contributed by atoms with Crippen LogP contribution in [0.2, 0.25) is 0 Å². The molecular weight excluding hydrogens is 540 g/mol. The normalized spacial score (nSPS) is 15.2. The molecule has 1 aliphatic rings. The largest absolute Gasteiger partial charge is 0.450 e. The molecule has 4 aromatic rings. The molecule has 1 atom stereocenters. The standard InChI is InChI=1S/C34H42N6O3/c1-4-5-17-43-34(42)37-19-28-12-13-29(20-36-28)39-16-8-9-30(24-39)40(21-26-14-15-35-25(2)18-26)23-27-22-38(3)32-11-7-6-10-31(32)33(27)41/h6-7,10-15,18,20,22,30H,4-5,8-9,16-17,19,21,23-24H2,1-3H3,(H,37,42)/t30-/m0/s1. The van der Waals surface area contributed by atoms with E-state index in [0.717, 1.165) is 78.9 Å². The predicted octanol–water partition coefficient (Wildman–Crippen LogP) is 5.33. The first-order chi connectivity index (χ1) is 20.9. The number of fused-ring (bicyclic) bond motifs is 1. The van der Waals surface area contributed by atoms with Crippen molar-refractivity contribution in [2.45, 2.75) is 65.2 Å². The molecule has 0 aliphatic carbocycles. The SMILES string of the molecule is CCCCOC(=O)NCc1ccc(N2CCC[C@H](N(Cc3ccnc(C)c3)Cc3cn(C)c4ccccc4c3=O)C2)cn1. The fourth-order valence-corrected chi connectivity index (χ4v) is 5.81. The number of para-hydroxylation sites is 1. The molecule has 0 radical (unpaired) electrons. The third kappa shape index (κ3) is 7.78. The lowest BCUT2D eigenvalue weighted by atomic mass is 10.0. The number of benzene rings is 1. The summed E-state index contributed by atoms with van der Waals surface area (Å²) in [6.45, 7) is 7.90. The summed E-state index contributed by atoms with van der Waals surface area (Å²) < 4.78 is 7.23. The van der Waals surface area contributed by atoms with Gasteiger partial charge in [-0.1, -0.05) is 25.5 Å². The maximum absolute atomic E-state index is 13.6. The summed E-state index contributed by atoms with van der Waals surface area (Å²) in [6.07, 6.45) is 9.25. The molecule has 1 fully saturated rings. The Bertz CT molecular complexity index is 1590. The van der Waals surface area contributed by atoms with E-state index in [2.05, 4.69) is 54.8 Å². The summed E-state index contributed by atoms with van der Waals surface area (Å²) in [5.74, 6) is 0. The number of pyridine rings is 3. The van der Waals surface area contributed by atoms with Crippen LogP contribution in [0.5, 0.6) is 0 Å². The van der Waals surface area contributed by atoms with Crippen LogP contribution in [0.25, 0.3) is 10.9 Å². The molecule has 0 unspecified atom stereocenters. The Balaban J connectivity index is 1.32. The number of piperidine rings is 1. The first-order valence-corrected chi connectivity index (χ1v) is 15.2. The van der Waals surface area contributed by atoms with Crippen LogP contribution in [0, 0.1) is 6.92 Å². The number of unbranched alkanes of at least 4 members (excludes halogenated alkanes) is 1. The summed E-state index contributed by atoms with van der Waals surface area (Å²) >= 11 is 0. The number of ether oxygens (including phenoxy) is 1. The Kier molecular flexibility index (Phi) is 10.0. The lowest BCUT2D eigenvalue weighted by Crippen LogP contribution is -2.48. The fraction of sp³-hybridized carbons (Fsp3) is 0.412. The van der Waals surface area contributed by atoms with E-state index < -0.39 is 6.09 Å². The number of carbonyl (C=O) groups is 1. The van der Waals surface area contributed by atoms with Gasteiger partial charge >= 0.3 is 6.09 Å². The van der Waals surface area contributed by atoms with E-state index in [1.54, 1.807) is 0 Å². The van der Waals surface area contributed by atoms with Crippen LogP contribution in [0.15, 0.2) is 71.9 Å². The topological polar surface area (TPSA) is 92.6 Å². The molecule has 1 aliphatic heterocycles. The van der Waals surface area contributed by atoms with Crippen LogP contribution < -0.4 is 15.6 Å². The fourth-order valence-electron chi connectivity index (χ4n) is 5.81. The Labute approximate surface area is 253 Å². The van der Waals surface area contributed by atoms with Crippen molar-refractivity contribution in [3.63, 3.8) is 0 Å². The van der Waals surface area contributed by atoms with Gasteiger partial charge < -0.3 is 19.5 Å². The van der Waals surface area contributed by atoms with Crippen molar-refractivity contribution < 1.29 is 9.53 Å². The summed E-state index contributed by atoms with van der Waals surface area (Å²) in [5, 5.41) is 3.53. The molecule has 1 saturated heterocycles. The zero-order valence-corrected chi connectivity index (χ0v) is 25.5. The molecule has 1 N–H and O–H groups in total. The van der Waals surface area contributed by atoms with Gasteiger partial charge in [-0.05, 0) is 68.1 Å². The van der Waals surface area contributed by atoms with Crippen molar-refractivity contribution in [3.8, 4) is 0 Å². The molecular formula is C34H42N6O3. The zero-order valence-electron chi connectivity index (χ0n) is 25.5. The van der Waals surface area contributed by atoms with Crippen molar-refractivity contribution in [2.24, 2.45) is 7.05 Å². The van der Waals surface area contributed by atoms with Crippen LogP contribution in [-0.4, -0.2) is 51.3 Å². The van der Waals surface area contributed by atoms with Gasteiger partial charge in [0.2, 0.25) is 0 Å². The minimum absolute atomic E-state index is 0.0971. The van der Waals surface area contributed by atoms with Gasteiger partial charge in [0.15, 0.2) is 5.43 Å². The van der Waals surface area contributed by atoms with Gasteiger partial charge in [0.05, 0.1) is 36.2 Å². The third-order valence-electron chi connectivity index (χ3n) is 8.12. The minimum Gasteiger partial charge on any atom is -0.450 e. The summed E-state index contributed by atoms with van der Waals surface area (Å²) in [5.41, 5.74) is 5.85.